The highest BCUT2D eigenvalue weighted by molar-refractivity contribution is 5.91. The number of rotatable bonds is 4. The molecule has 5 rings (SSSR count). The van der Waals surface area contributed by atoms with Crippen LogP contribution in [0.3, 0.4) is 0 Å². The van der Waals surface area contributed by atoms with E-state index in [9.17, 15) is 27.9 Å². The van der Waals surface area contributed by atoms with E-state index in [2.05, 4.69) is 15.0 Å². The van der Waals surface area contributed by atoms with Gasteiger partial charge in [0.15, 0.2) is 11.5 Å². The lowest BCUT2D eigenvalue weighted by atomic mass is 10.1. The Kier molecular flexibility index (Phi) is 7.96. The zero-order valence-electron chi connectivity index (χ0n) is 25.5. The molecular formula is C31H32F4N6O4. The molecule has 10 nitrogen and oxygen atoms in total. The van der Waals surface area contributed by atoms with Gasteiger partial charge in [-0.2, -0.15) is 13.8 Å². The molecule has 4 aromatic rings. The standard InChI is InChI=1S/C31H32F4N6O4/c1-16-10-11-36-25(31(6,34)35)24(16)41-27-18(14-20(33)23(37-27)22-19(32)8-7-9-21(22)42)26(38-28(41)43)40-13-12-39(15-17(40)2)29(44)45-30(3,4)5/h7-11,14,17,42H,12-13,15H2,1-6H3/t17-/m0/s1. The van der Waals surface area contributed by atoms with Crippen molar-refractivity contribution in [2.75, 3.05) is 24.5 Å². The van der Waals surface area contributed by atoms with E-state index in [1.54, 1.807) is 32.6 Å². The van der Waals surface area contributed by atoms with E-state index in [-0.39, 0.29) is 47.7 Å². The monoisotopic (exact) mass is 628 g/mol. The molecule has 0 radical (unpaired) electrons. The fourth-order valence-corrected chi connectivity index (χ4v) is 5.37. The maximum atomic E-state index is 15.8. The molecule has 0 saturated carbocycles. The first-order valence-corrected chi connectivity index (χ1v) is 14.2. The number of fused-ring (bicyclic) bond motifs is 1. The van der Waals surface area contributed by atoms with E-state index in [0.717, 1.165) is 22.8 Å². The lowest BCUT2D eigenvalue weighted by Gasteiger charge is -2.41. The topological polar surface area (TPSA) is 114 Å². The molecule has 1 amide bonds. The maximum absolute atomic E-state index is 15.8. The molecule has 14 heteroatoms. The quantitative estimate of drug-likeness (QED) is 0.287. The van der Waals surface area contributed by atoms with Crippen molar-refractivity contribution >= 4 is 22.9 Å². The third-order valence-corrected chi connectivity index (χ3v) is 7.35. The highest BCUT2D eigenvalue weighted by Crippen LogP contribution is 2.38. The minimum Gasteiger partial charge on any atom is -0.507 e. The summed E-state index contributed by atoms with van der Waals surface area (Å²) >= 11 is 0. The van der Waals surface area contributed by atoms with Crippen molar-refractivity contribution in [3.05, 3.63) is 69.9 Å². The van der Waals surface area contributed by atoms with Crippen molar-refractivity contribution in [3.8, 4) is 22.7 Å². The summed E-state index contributed by atoms with van der Waals surface area (Å²) in [5.74, 6) is -6.18. The molecule has 1 aromatic carbocycles. The summed E-state index contributed by atoms with van der Waals surface area (Å²) in [4.78, 5) is 42.1. The molecule has 1 fully saturated rings. The molecule has 4 heterocycles. The molecule has 1 aliphatic rings. The average Bonchev–Trinajstić information content (AvgIpc) is 2.92. The molecule has 1 saturated heterocycles. The van der Waals surface area contributed by atoms with Gasteiger partial charge >= 0.3 is 11.8 Å². The van der Waals surface area contributed by atoms with E-state index in [1.165, 1.54) is 30.2 Å². The number of hydrogen-bond donors (Lipinski definition) is 1. The Hall–Kier alpha value is -4.75. The van der Waals surface area contributed by atoms with Crippen molar-refractivity contribution in [2.24, 2.45) is 0 Å². The molecule has 0 aliphatic carbocycles. The molecule has 238 valence electrons. The first-order chi connectivity index (χ1) is 21.0. The second kappa shape index (κ2) is 11.3. The van der Waals surface area contributed by atoms with Crippen LogP contribution in [0.25, 0.3) is 28.0 Å². The Morgan fingerprint density at radius 1 is 1.07 bits per heavy atom. The zero-order chi connectivity index (χ0) is 33.0. The number of aromatic hydroxyl groups is 1. The minimum absolute atomic E-state index is 0.00959. The van der Waals surface area contributed by atoms with Gasteiger partial charge in [-0.05, 0) is 64.4 Å². The molecule has 45 heavy (non-hydrogen) atoms. The van der Waals surface area contributed by atoms with Gasteiger partial charge in [0.2, 0.25) is 0 Å². The number of aryl methyl sites for hydroxylation is 1. The average molecular weight is 629 g/mol. The largest absolute Gasteiger partial charge is 0.507 e. The number of carbonyl (C=O) groups excluding carboxylic acids is 1. The van der Waals surface area contributed by atoms with Crippen LogP contribution in [0.1, 0.15) is 45.9 Å². The number of carbonyl (C=O) groups is 1. The Labute approximate surface area is 255 Å². The van der Waals surface area contributed by atoms with Crippen LogP contribution in [0.4, 0.5) is 28.2 Å². The normalized spacial score (nSPS) is 15.9. The second-order valence-electron chi connectivity index (χ2n) is 12.1. The number of aromatic nitrogens is 4. The number of piperazine rings is 1. The lowest BCUT2D eigenvalue weighted by Crippen LogP contribution is -2.55. The number of benzene rings is 1. The maximum Gasteiger partial charge on any atom is 0.410 e. The first-order valence-electron chi connectivity index (χ1n) is 14.2. The summed E-state index contributed by atoms with van der Waals surface area (Å²) in [5.41, 5.74) is -4.11. The van der Waals surface area contributed by atoms with Crippen LogP contribution in [-0.4, -0.2) is 66.9 Å². The van der Waals surface area contributed by atoms with Gasteiger partial charge in [0.1, 0.15) is 34.4 Å². The number of pyridine rings is 2. The Balaban J connectivity index is 1.76. The van der Waals surface area contributed by atoms with E-state index < -0.39 is 63.7 Å². The molecule has 3 aromatic heterocycles. The van der Waals surface area contributed by atoms with E-state index in [0.29, 0.717) is 6.92 Å². The number of phenolic OH excluding ortho intramolecular Hbond substituents is 1. The van der Waals surface area contributed by atoms with Crippen LogP contribution in [0.2, 0.25) is 0 Å². The van der Waals surface area contributed by atoms with Crippen LogP contribution in [0.15, 0.2) is 41.3 Å². The second-order valence-corrected chi connectivity index (χ2v) is 12.1. The lowest BCUT2D eigenvalue weighted by molar-refractivity contribution is 0.0126. The van der Waals surface area contributed by atoms with Crippen molar-refractivity contribution in [1.29, 1.82) is 0 Å². The van der Waals surface area contributed by atoms with Gasteiger partial charge in [-0.3, -0.25) is 4.98 Å². The Morgan fingerprint density at radius 3 is 2.40 bits per heavy atom. The zero-order valence-corrected chi connectivity index (χ0v) is 25.5. The smallest absolute Gasteiger partial charge is 0.410 e. The van der Waals surface area contributed by atoms with Gasteiger partial charge in [0.25, 0.3) is 5.92 Å². The van der Waals surface area contributed by atoms with Crippen LogP contribution < -0.4 is 10.6 Å². The van der Waals surface area contributed by atoms with Crippen molar-refractivity contribution in [2.45, 2.75) is 59.1 Å². The van der Waals surface area contributed by atoms with Gasteiger partial charge in [-0.25, -0.2) is 27.9 Å². The summed E-state index contributed by atoms with van der Waals surface area (Å²) in [5, 5.41) is 10.4. The van der Waals surface area contributed by atoms with Crippen LogP contribution >= 0.6 is 0 Å². The van der Waals surface area contributed by atoms with Crippen LogP contribution in [-0.2, 0) is 10.7 Å². The number of phenols is 1. The number of nitrogens with zero attached hydrogens (tertiary/aromatic N) is 6. The van der Waals surface area contributed by atoms with E-state index in [4.69, 9.17) is 4.74 Å². The molecule has 0 unspecified atom stereocenters. The molecule has 0 bridgehead atoms. The minimum atomic E-state index is -3.51. The van der Waals surface area contributed by atoms with Crippen molar-refractivity contribution < 1.29 is 32.2 Å². The Bertz CT molecular complexity index is 1850. The van der Waals surface area contributed by atoms with Crippen molar-refractivity contribution in [3.63, 3.8) is 0 Å². The van der Waals surface area contributed by atoms with Crippen molar-refractivity contribution in [1.82, 2.24) is 24.4 Å². The molecule has 1 aliphatic heterocycles. The third kappa shape index (κ3) is 6.00. The van der Waals surface area contributed by atoms with Gasteiger partial charge in [0, 0.05) is 38.8 Å². The summed E-state index contributed by atoms with van der Waals surface area (Å²) in [6, 6.07) is 5.30. The van der Waals surface area contributed by atoms with Gasteiger partial charge in [-0.1, -0.05) is 6.07 Å². The fourth-order valence-electron chi connectivity index (χ4n) is 5.37. The summed E-state index contributed by atoms with van der Waals surface area (Å²) in [6.45, 7) is 9.63. The number of amides is 1. The number of anilines is 1. The van der Waals surface area contributed by atoms with E-state index in [1.807, 2.05) is 0 Å². The molecule has 1 N–H and O–H groups in total. The van der Waals surface area contributed by atoms with Gasteiger partial charge in [-0.15, -0.1) is 0 Å². The molecular weight excluding hydrogens is 596 g/mol. The molecule has 1 atom stereocenters. The fraction of sp³-hybridized carbons (Fsp3) is 0.387. The Morgan fingerprint density at radius 2 is 1.78 bits per heavy atom. The highest BCUT2D eigenvalue weighted by atomic mass is 19.3. The summed E-state index contributed by atoms with van der Waals surface area (Å²) in [6.07, 6.45) is 0.645. The van der Waals surface area contributed by atoms with Crippen LogP contribution in [0.5, 0.6) is 5.75 Å². The summed E-state index contributed by atoms with van der Waals surface area (Å²) in [7, 11) is 0. The SMILES string of the molecule is Cc1ccnc(C(C)(F)F)c1-n1c(=O)nc(N2CCN(C(=O)OC(C)(C)C)C[C@@H]2C)c2cc(F)c(-c3c(O)cccc3F)nc21. The number of hydrogen-bond acceptors (Lipinski definition) is 8. The van der Waals surface area contributed by atoms with Gasteiger partial charge < -0.3 is 19.6 Å². The predicted octanol–water partition coefficient (Wildman–Crippen LogP) is 5.69. The van der Waals surface area contributed by atoms with Crippen LogP contribution in [0, 0.1) is 18.6 Å². The number of ether oxygens (including phenoxy) is 1. The predicted molar refractivity (Wildman–Crippen MR) is 159 cm³/mol. The number of alkyl halides is 2. The number of halogens is 4. The van der Waals surface area contributed by atoms with Gasteiger partial charge in [0.05, 0.1) is 16.6 Å². The highest BCUT2D eigenvalue weighted by Gasteiger charge is 2.35. The third-order valence-electron chi connectivity index (χ3n) is 7.35. The summed E-state index contributed by atoms with van der Waals surface area (Å²) < 4.78 is 66.7. The molecule has 0 spiro atoms. The van der Waals surface area contributed by atoms with E-state index >= 15 is 4.39 Å². The first kappa shape index (κ1) is 31.7.